The van der Waals surface area contributed by atoms with E-state index in [-0.39, 0.29) is 12.2 Å². The van der Waals surface area contributed by atoms with Crippen LogP contribution in [0.5, 0.6) is 11.5 Å². The highest BCUT2D eigenvalue weighted by Crippen LogP contribution is 2.33. The second-order valence-corrected chi connectivity index (χ2v) is 9.44. The zero-order valence-corrected chi connectivity index (χ0v) is 21.7. The lowest BCUT2D eigenvalue weighted by molar-refractivity contribution is -0.144. The Morgan fingerprint density at radius 2 is 2.08 bits per heavy atom. The van der Waals surface area contributed by atoms with Gasteiger partial charge in [-0.3, -0.25) is 9.48 Å². The number of carbonyl (C=O) groups excluding carboxylic acids is 1. The molecule has 0 spiro atoms. The maximum absolute atomic E-state index is 13.6. The van der Waals surface area contributed by atoms with Crippen LogP contribution in [0.3, 0.4) is 0 Å². The molecule has 4 rings (SSSR count). The number of carbonyl (C=O) groups is 1. The zero-order valence-electron chi connectivity index (χ0n) is 21.7. The highest BCUT2D eigenvalue weighted by molar-refractivity contribution is 5.83. The summed E-state index contributed by atoms with van der Waals surface area (Å²) >= 11 is 0. The van der Waals surface area contributed by atoms with Gasteiger partial charge in [-0.1, -0.05) is 37.3 Å². The summed E-state index contributed by atoms with van der Waals surface area (Å²) in [6.07, 6.45) is 7.84. The maximum Gasteiger partial charge on any atom is 0.321 e. The number of fused-ring (bicyclic) bond motifs is 2. The Morgan fingerprint density at radius 3 is 2.84 bits per heavy atom. The van der Waals surface area contributed by atoms with Gasteiger partial charge in [0, 0.05) is 25.2 Å². The number of hydrogen-bond acceptors (Lipinski definition) is 4. The summed E-state index contributed by atoms with van der Waals surface area (Å²) in [6, 6.07) is 10.3. The van der Waals surface area contributed by atoms with E-state index in [9.17, 15) is 18.0 Å². The average molecular weight is 528 g/mol. The van der Waals surface area contributed by atoms with Gasteiger partial charge in [-0.15, -0.1) is 0 Å². The Hall–Kier alpha value is -3.75. The lowest BCUT2D eigenvalue weighted by Gasteiger charge is -2.27. The molecule has 2 aromatic carbocycles. The molecule has 1 aliphatic heterocycles. The fourth-order valence-electron chi connectivity index (χ4n) is 4.33. The fourth-order valence-corrected chi connectivity index (χ4v) is 4.33. The van der Waals surface area contributed by atoms with Crippen molar-refractivity contribution in [3.63, 3.8) is 0 Å². The number of aromatic nitrogens is 2. The van der Waals surface area contributed by atoms with Gasteiger partial charge in [0.15, 0.2) is 0 Å². The molecule has 0 fully saturated rings. The maximum atomic E-state index is 13.6. The van der Waals surface area contributed by atoms with Crippen LogP contribution in [0.4, 0.5) is 13.2 Å². The van der Waals surface area contributed by atoms with E-state index in [1.54, 1.807) is 36.0 Å². The molecule has 1 aliphatic rings. The Balaban J connectivity index is 1.54. The smallest absolute Gasteiger partial charge is 0.321 e. The number of alkyl halides is 2. The predicted molar refractivity (Wildman–Crippen MR) is 140 cm³/mol. The monoisotopic (exact) mass is 527 g/mol. The summed E-state index contributed by atoms with van der Waals surface area (Å²) in [7, 11) is 0. The van der Waals surface area contributed by atoms with Crippen molar-refractivity contribution < 1.29 is 27.4 Å². The number of nitrogens with one attached hydrogen (secondary N) is 1. The number of hydrogen-bond donors (Lipinski definition) is 1. The molecular formula is C29H32F3N3O3. The molecule has 2 atom stereocenters. The number of allylic oxidation sites excluding steroid dienone is 4. The van der Waals surface area contributed by atoms with E-state index in [4.69, 9.17) is 9.47 Å². The van der Waals surface area contributed by atoms with Crippen molar-refractivity contribution in [3.8, 4) is 11.5 Å². The minimum Gasteiger partial charge on any atom is -0.493 e. The Labute approximate surface area is 220 Å². The quantitative estimate of drug-likeness (QED) is 0.291. The van der Waals surface area contributed by atoms with Crippen LogP contribution in [0, 0.1) is 0 Å². The van der Waals surface area contributed by atoms with Crippen LogP contribution in [0.15, 0.2) is 66.6 Å². The number of ether oxygens (including phenoxy) is 2. The topological polar surface area (TPSA) is 65.4 Å². The molecule has 9 heteroatoms. The summed E-state index contributed by atoms with van der Waals surface area (Å²) in [6.45, 7) is 5.14. The van der Waals surface area contributed by atoms with E-state index in [0.717, 1.165) is 28.6 Å². The van der Waals surface area contributed by atoms with Gasteiger partial charge in [0.2, 0.25) is 0 Å². The molecule has 6 nitrogen and oxygen atoms in total. The van der Waals surface area contributed by atoms with Crippen LogP contribution in [0.2, 0.25) is 0 Å². The van der Waals surface area contributed by atoms with E-state index < -0.39 is 24.0 Å². The van der Waals surface area contributed by atoms with Gasteiger partial charge in [-0.2, -0.15) is 13.9 Å². The number of halogens is 3. The van der Waals surface area contributed by atoms with Crippen molar-refractivity contribution in [2.24, 2.45) is 0 Å². The minimum atomic E-state index is -3.51. The van der Waals surface area contributed by atoms with Gasteiger partial charge >= 0.3 is 5.92 Å². The normalized spacial score (nSPS) is 15.4. The SMILES string of the molecule is CC/C=C(/F)C/C=C\Cn1ncc2cc(O[C@H](c3ccc4c(c3)OCC4)[C@H](C)NC(=O)C(C)(F)F)ccc21. The van der Waals surface area contributed by atoms with Crippen LogP contribution >= 0.6 is 0 Å². The van der Waals surface area contributed by atoms with Crippen LogP contribution in [0.1, 0.15) is 50.8 Å². The summed E-state index contributed by atoms with van der Waals surface area (Å²) in [5.74, 6) is -3.82. The number of rotatable bonds is 11. The number of amides is 1. The van der Waals surface area contributed by atoms with Crippen LogP contribution in [-0.4, -0.2) is 34.3 Å². The van der Waals surface area contributed by atoms with Crippen molar-refractivity contribution in [2.75, 3.05) is 6.61 Å². The Kier molecular flexibility index (Phi) is 8.44. The van der Waals surface area contributed by atoms with Crippen molar-refractivity contribution in [2.45, 2.75) is 64.6 Å². The van der Waals surface area contributed by atoms with Gasteiger partial charge in [-0.05, 0) is 48.7 Å². The first-order valence-corrected chi connectivity index (χ1v) is 12.7. The van der Waals surface area contributed by atoms with Crippen molar-refractivity contribution >= 4 is 16.8 Å². The molecular weight excluding hydrogens is 495 g/mol. The van der Waals surface area contributed by atoms with E-state index in [1.165, 1.54) is 0 Å². The van der Waals surface area contributed by atoms with E-state index >= 15 is 0 Å². The number of nitrogens with zero attached hydrogens (tertiary/aromatic N) is 2. The molecule has 3 aromatic rings. The summed E-state index contributed by atoms with van der Waals surface area (Å²) in [4.78, 5) is 12.0. The lowest BCUT2D eigenvalue weighted by Crippen LogP contribution is -2.46. The van der Waals surface area contributed by atoms with Gasteiger partial charge in [0.1, 0.15) is 17.6 Å². The van der Waals surface area contributed by atoms with Crippen LogP contribution in [0.25, 0.3) is 10.9 Å². The van der Waals surface area contributed by atoms with Crippen LogP contribution in [-0.2, 0) is 17.8 Å². The largest absolute Gasteiger partial charge is 0.493 e. The first kappa shape index (κ1) is 27.3. The van der Waals surface area contributed by atoms with E-state index in [2.05, 4.69) is 10.4 Å². The fraction of sp³-hybridized carbons (Fsp3) is 0.379. The molecule has 1 aromatic heterocycles. The van der Waals surface area contributed by atoms with Gasteiger partial charge in [-0.25, -0.2) is 4.39 Å². The summed E-state index contributed by atoms with van der Waals surface area (Å²) < 4.78 is 54.5. The zero-order chi connectivity index (χ0) is 27.3. The molecule has 0 saturated carbocycles. The van der Waals surface area contributed by atoms with E-state index in [0.29, 0.717) is 37.8 Å². The summed E-state index contributed by atoms with van der Waals surface area (Å²) in [5, 5.41) is 7.61. The number of benzene rings is 2. The molecule has 0 aliphatic carbocycles. The molecule has 38 heavy (non-hydrogen) atoms. The lowest BCUT2D eigenvalue weighted by atomic mass is 10.00. The minimum absolute atomic E-state index is 0.159. The van der Waals surface area contributed by atoms with Crippen molar-refractivity contribution in [1.29, 1.82) is 0 Å². The third kappa shape index (κ3) is 6.57. The second kappa shape index (κ2) is 11.8. The summed E-state index contributed by atoms with van der Waals surface area (Å²) in [5.41, 5.74) is 2.63. The van der Waals surface area contributed by atoms with Gasteiger partial charge in [0.05, 0.1) is 36.7 Å². The Bertz CT molecular complexity index is 1340. The Morgan fingerprint density at radius 1 is 1.26 bits per heavy atom. The predicted octanol–water partition coefficient (Wildman–Crippen LogP) is 6.46. The molecule has 2 heterocycles. The molecule has 1 amide bonds. The molecule has 0 unspecified atom stereocenters. The average Bonchev–Trinajstić information content (AvgIpc) is 3.50. The van der Waals surface area contributed by atoms with Crippen molar-refractivity contribution in [1.82, 2.24) is 15.1 Å². The molecule has 0 bridgehead atoms. The molecule has 1 N–H and O–H groups in total. The molecule has 0 saturated heterocycles. The van der Waals surface area contributed by atoms with Gasteiger partial charge < -0.3 is 14.8 Å². The molecule has 202 valence electrons. The second-order valence-electron chi connectivity index (χ2n) is 9.44. The third-order valence-electron chi connectivity index (χ3n) is 6.32. The first-order valence-electron chi connectivity index (χ1n) is 12.7. The van der Waals surface area contributed by atoms with Crippen LogP contribution < -0.4 is 14.8 Å². The van der Waals surface area contributed by atoms with Gasteiger partial charge in [0.25, 0.3) is 5.91 Å². The van der Waals surface area contributed by atoms with E-state index in [1.807, 2.05) is 43.3 Å². The third-order valence-corrected chi connectivity index (χ3v) is 6.32. The van der Waals surface area contributed by atoms with Crippen molar-refractivity contribution in [3.05, 3.63) is 77.8 Å². The molecule has 0 radical (unpaired) electrons. The standard InChI is InChI=1S/C29H32F3N3O3/c1-4-7-23(30)8-5-6-14-35-25-12-11-24(16-22(25)18-33-35)38-27(19(2)34-28(36)29(3,31)32)21-10-9-20-13-15-37-26(20)17-21/h5-7,9-12,16-19,27H,4,8,13-15H2,1-3H3,(H,34,36)/b6-5-,23-7+/t19-,27-/m0/s1. The first-order chi connectivity index (χ1) is 18.2. The highest BCUT2D eigenvalue weighted by Gasteiger charge is 2.35. The highest BCUT2D eigenvalue weighted by atomic mass is 19.3.